The number of esters is 1. The van der Waals surface area contributed by atoms with Gasteiger partial charge < -0.3 is 9.47 Å². The molecular formula is C21H15FO4. The number of carbonyl (C=O) groups excluding carboxylic acids is 2. The molecule has 5 heteroatoms. The van der Waals surface area contributed by atoms with Crippen LogP contribution in [0.3, 0.4) is 0 Å². The number of ketones is 1. The molecule has 26 heavy (non-hydrogen) atoms. The van der Waals surface area contributed by atoms with Crippen LogP contribution in [0.2, 0.25) is 0 Å². The van der Waals surface area contributed by atoms with E-state index in [-0.39, 0.29) is 5.78 Å². The normalized spacial score (nSPS) is 10.2. The number of halogens is 1. The first-order valence-corrected chi connectivity index (χ1v) is 7.84. The van der Waals surface area contributed by atoms with E-state index in [9.17, 15) is 14.0 Å². The van der Waals surface area contributed by atoms with E-state index in [0.29, 0.717) is 28.2 Å². The molecule has 0 heterocycles. The highest BCUT2D eigenvalue weighted by molar-refractivity contribution is 6.09. The lowest BCUT2D eigenvalue weighted by Crippen LogP contribution is -2.10. The molecule has 0 saturated heterocycles. The summed E-state index contributed by atoms with van der Waals surface area (Å²) in [5, 5.41) is 0. The second kappa shape index (κ2) is 7.61. The first-order chi connectivity index (χ1) is 12.6. The van der Waals surface area contributed by atoms with Crippen LogP contribution >= 0.6 is 0 Å². The van der Waals surface area contributed by atoms with Crippen LogP contribution < -0.4 is 9.47 Å². The Bertz CT molecular complexity index is 931. The fourth-order valence-electron chi connectivity index (χ4n) is 2.42. The van der Waals surface area contributed by atoms with Crippen LogP contribution in [-0.4, -0.2) is 18.9 Å². The Hall–Kier alpha value is -3.47. The van der Waals surface area contributed by atoms with Gasteiger partial charge in [-0.2, -0.15) is 0 Å². The highest BCUT2D eigenvalue weighted by Crippen LogP contribution is 2.21. The molecule has 130 valence electrons. The van der Waals surface area contributed by atoms with Crippen molar-refractivity contribution in [1.82, 2.24) is 0 Å². The number of ether oxygens (including phenoxy) is 2. The number of hydrogen-bond donors (Lipinski definition) is 0. The summed E-state index contributed by atoms with van der Waals surface area (Å²) in [5.74, 6) is -0.481. The summed E-state index contributed by atoms with van der Waals surface area (Å²) in [6, 6.07) is 18.2. The highest BCUT2D eigenvalue weighted by atomic mass is 19.1. The Morgan fingerprint density at radius 3 is 2.00 bits per heavy atom. The number of rotatable bonds is 5. The Labute approximate surface area is 149 Å². The van der Waals surface area contributed by atoms with Crippen molar-refractivity contribution in [3.8, 4) is 11.5 Å². The van der Waals surface area contributed by atoms with E-state index in [1.165, 1.54) is 43.5 Å². The molecule has 0 unspecified atom stereocenters. The fraction of sp³-hybridized carbons (Fsp3) is 0.0476. The summed E-state index contributed by atoms with van der Waals surface area (Å²) in [5.41, 5.74) is 1.10. The molecule has 0 spiro atoms. The molecule has 0 atom stereocenters. The molecule has 0 aliphatic rings. The molecular weight excluding hydrogens is 335 g/mol. The molecule has 0 bridgehead atoms. The number of methoxy groups -OCH3 is 1. The largest absolute Gasteiger partial charge is 0.496 e. The van der Waals surface area contributed by atoms with E-state index in [1.54, 1.807) is 36.4 Å². The van der Waals surface area contributed by atoms with Gasteiger partial charge in [-0.15, -0.1) is 0 Å². The van der Waals surface area contributed by atoms with E-state index >= 15 is 0 Å². The van der Waals surface area contributed by atoms with Gasteiger partial charge in [-0.25, -0.2) is 9.18 Å². The molecule has 0 N–H and O–H groups in total. The third-order valence-electron chi connectivity index (χ3n) is 3.76. The second-order valence-electron chi connectivity index (χ2n) is 5.45. The Morgan fingerprint density at radius 1 is 0.808 bits per heavy atom. The Morgan fingerprint density at radius 2 is 1.38 bits per heavy atom. The van der Waals surface area contributed by atoms with Gasteiger partial charge in [0.2, 0.25) is 0 Å². The minimum atomic E-state index is -0.555. The maximum absolute atomic E-state index is 13.0. The molecule has 0 amide bonds. The zero-order valence-electron chi connectivity index (χ0n) is 13.9. The van der Waals surface area contributed by atoms with Gasteiger partial charge in [-0.3, -0.25) is 4.79 Å². The van der Waals surface area contributed by atoms with E-state index in [4.69, 9.17) is 9.47 Å². The minimum absolute atomic E-state index is 0.243. The minimum Gasteiger partial charge on any atom is -0.496 e. The van der Waals surface area contributed by atoms with Crippen molar-refractivity contribution in [2.24, 2.45) is 0 Å². The third-order valence-corrected chi connectivity index (χ3v) is 3.76. The van der Waals surface area contributed by atoms with E-state index in [2.05, 4.69) is 0 Å². The lowest BCUT2D eigenvalue weighted by molar-refractivity contribution is 0.0731. The van der Waals surface area contributed by atoms with Crippen LogP contribution in [-0.2, 0) is 0 Å². The summed E-state index contributed by atoms with van der Waals surface area (Å²) >= 11 is 0. The first kappa shape index (κ1) is 17.4. The van der Waals surface area contributed by atoms with Crippen LogP contribution in [0.4, 0.5) is 4.39 Å². The van der Waals surface area contributed by atoms with E-state index in [0.717, 1.165) is 0 Å². The van der Waals surface area contributed by atoms with Crippen molar-refractivity contribution in [2.45, 2.75) is 0 Å². The highest BCUT2D eigenvalue weighted by Gasteiger charge is 2.15. The third kappa shape index (κ3) is 3.78. The molecule has 0 aliphatic heterocycles. The van der Waals surface area contributed by atoms with Crippen LogP contribution in [0.5, 0.6) is 11.5 Å². The predicted octanol–water partition coefficient (Wildman–Crippen LogP) is 4.28. The molecule has 4 nitrogen and oxygen atoms in total. The lowest BCUT2D eigenvalue weighted by Gasteiger charge is -2.08. The quantitative estimate of drug-likeness (QED) is 0.391. The molecule has 3 aromatic rings. The van der Waals surface area contributed by atoms with Crippen LogP contribution in [0, 0.1) is 5.82 Å². The topological polar surface area (TPSA) is 52.6 Å². The summed E-state index contributed by atoms with van der Waals surface area (Å²) in [6.07, 6.45) is 0. The van der Waals surface area contributed by atoms with Crippen molar-refractivity contribution in [3.05, 3.63) is 95.3 Å². The maximum Gasteiger partial charge on any atom is 0.347 e. The van der Waals surface area contributed by atoms with Gasteiger partial charge in [0.25, 0.3) is 0 Å². The monoisotopic (exact) mass is 350 g/mol. The molecule has 0 aromatic heterocycles. The SMILES string of the molecule is COc1ccccc1C(=O)Oc1ccc(C(=O)c2ccc(F)cc2)cc1. The van der Waals surface area contributed by atoms with Gasteiger partial charge in [0.1, 0.15) is 22.9 Å². The van der Waals surface area contributed by atoms with Gasteiger partial charge in [0, 0.05) is 11.1 Å². The smallest absolute Gasteiger partial charge is 0.347 e. The molecule has 0 fully saturated rings. The van der Waals surface area contributed by atoms with Gasteiger partial charge in [-0.1, -0.05) is 12.1 Å². The average molecular weight is 350 g/mol. The molecule has 0 saturated carbocycles. The summed E-state index contributed by atoms with van der Waals surface area (Å²) in [7, 11) is 1.47. The van der Waals surface area contributed by atoms with Crippen molar-refractivity contribution in [2.75, 3.05) is 7.11 Å². The summed E-state index contributed by atoms with van der Waals surface area (Å²) < 4.78 is 23.4. The predicted molar refractivity (Wildman–Crippen MR) is 94.2 cm³/mol. The Kier molecular flexibility index (Phi) is 5.08. The fourth-order valence-corrected chi connectivity index (χ4v) is 2.42. The van der Waals surface area contributed by atoms with Gasteiger partial charge in [-0.05, 0) is 60.7 Å². The van der Waals surface area contributed by atoms with Crippen molar-refractivity contribution >= 4 is 11.8 Å². The van der Waals surface area contributed by atoms with Crippen LogP contribution in [0.15, 0.2) is 72.8 Å². The van der Waals surface area contributed by atoms with E-state index in [1.807, 2.05) is 0 Å². The Balaban J connectivity index is 1.74. The first-order valence-electron chi connectivity index (χ1n) is 7.84. The second-order valence-corrected chi connectivity index (χ2v) is 5.45. The summed E-state index contributed by atoms with van der Waals surface area (Å²) in [4.78, 5) is 24.6. The maximum atomic E-state index is 13.0. The molecule has 3 rings (SSSR count). The summed E-state index contributed by atoms with van der Waals surface area (Å²) in [6.45, 7) is 0. The van der Waals surface area contributed by atoms with Gasteiger partial charge in [0.05, 0.1) is 7.11 Å². The lowest BCUT2D eigenvalue weighted by atomic mass is 10.0. The number of carbonyl (C=O) groups is 2. The van der Waals surface area contributed by atoms with E-state index < -0.39 is 11.8 Å². The molecule has 0 aliphatic carbocycles. The van der Waals surface area contributed by atoms with Crippen molar-refractivity contribution in [1.29, 1.82) is 0 Å². The zero-order chi connectivity index (χ0) is 18.5. The molecule has 0 radical (unpaired) electrons. The van der Waals surface area contributed by atoms with Gasteiger partial charge in [0.15, 0.2) is 5.78 Å². The van der Waals surface area contributed by atoms with Gasteiger partial charge >= 0.3 is 5.97 Å². The van der Waals surface area contributed by atoms with Crippen LogP contribution in [0.1, 0.15) is 26.3 Å². The molecule has 3 aromatic carbocycles. The number of benzene rings is 3. The number of hydrogen-bond acceptors (Lipinski definition) is 4. The van der Waals surface area contributed by atoms with Crippen molar-refractivity contribution in [3.63, 3.8) is 0 Å². The van der Waals surface area contributed by atoms with Crippen molar-refractivity contribution < 1.29 is 23.5 Å². The zero-order valence-corrected chi connectivity index (χ0v) is 13.9. The van der Waals surface area contributed by atoms with Crippen LogP contribution in [0.25, 0.3) is 0 Å². The standard InChI is InChI=1S/C21H15FO4/c1-25-19-5-3-2-4-18(19)21(24)26-17-12-8-15(9-13-17)20(23)14-6-10-16(22)11-7-14/h2-13H,1H3. The number of para-hydroxylation sites is 1. The average Bonchev–Trinajstić information content (AvgIpc) is 2.68.